The molecule has 6 nitrogen and oxygen atoms in total. The van der Waals surface area contributed by atoms with Crippen LogP contribution >= 0.6 is 22.7 Å². The van der Waals surface area contributed by atoms with Gasteiger partial charge >= 0.3 is 11.9 Å². The highest BCUT2D eigenvalue weighted by Gasteiger charge is 2.26. The second-order valence-corrected chi connectivity index (χ2v) is 6.02. The van der Waals surface area contributed by atoms with Crippen LogP contribution in [0.3, 0.4) is 0 Å². The van der Waals surface area contributed by atoms with Gasteiger partial charge in [0.05, 0.1) is 26.5 Å². The second-order valence-electron chi connectivity index (χ2n) is 3.97. The van der Waals surface area contributed by atoms with Crippen LogP contribution in [0.25, 0.3) is 0 Å². The van der Waals surface area contributed by atoms with Crippen LogP contribution in [0.4, 0.5) is 10.7 Å². The van der Waals surface area contributed by atoms with E-state index >= 15 is 0 Å². The van der Waals surface area contributed by atoms with Gasteiger partial charge in [-0.25, -0.2) is 9.59 Å². The lowest BCUT2D eigenvalue weighted by Crippen LogP contribution is -2.09. The molecule has 0 aromatic carbocycles. The summed E-state index contributed by atoms with van der Waals surface area (Å²) in [6.45, 7) is 0.530. The molecule has 0 amide bonds. The number of nitrogen functional groups attached to an aromatic ring is 1. The monoisotopic (exact) mass is 326 g/mol. The number of carbonyl (C=O) groups is 2. The number of esters is 2. The molecule has 8 heteroatoms. The van der Waals surface area contributed by atoms with Gasteiger partial charge in [-0.3, -0.25) is 0 Å². The molecule has 2 heterocycles. The number of anilines is 2. The lowest BCUT2D eigenvalue weighted by molar-refractivity contribution is 0.0602. The van der Waals surface area contributed by atoms with Crippen molar-refractivity contribution in [1.29, 1.82) is 0 Å². The minimum Gasteiger partial charge on any atom is -0.465 e. The number of nitrogens with one attached hydrogen (secondary N) is 1. The molecule has 2 aromatic rings. The summed E-state index contributed by atoms with van der Waals surface area (Å²) >= 11 is 2.66. The largest absolute Gasteiger partial charge is 0.465 e. The van der Waals surface area contributed by atoms with E-state index in [0.717, 1.165) is 16.2 Å². The molecule has 3 N–H and O–H groups in total. The third kappa shape index (κ3) is 3.17. The summed E-state index contributed by atoms with van der Waals surface area (Å²) in [5, 5.41) is 5.56. The number of rotatable bonds is 5. The van der Waals surface area contributed by atoms with Gasteiger partial charge in [0.25, 0.3) is 0 Å². The number of hydrogen-bond acceptors (Lipinski definition) is 8. The number of carbonyl (C=O) groups excluding carboxylic acids is 2. The molecule has 2 aromatic heterocycles. The third-order valence-corrected chi connectivity index (χ3v) is 4.73. The Hall–Kier alpha value is -2.06. The molecule has 0 atom stereocenters. The molecular weight excluding hydrogens is 312 g/mol. The number of ether oxygens (including phenoxy) is 2. The number of hydrogen-bond donors (Lipinski definition) is 2. The van der Waals surface area contributed by atoms with E-state index in [2.05, 4.69) is 10.1 Å². The Labute approximate surface area is 129 Å². The van der Waals surface area contributed by atoms with Gasteiger partial charge in [0.1, 0.15) is 15.4 Å². The van der Waals surface area contributed by atoms with Gasteiger partial charge in [-0.2, -0.15) is 0 Å². The van der Waals surface area contributed by atoms with Crippen LogP contribution in [0.2, 0.25) is 0 Å². The van der Waals surface area contributed by atoms with E-state index in [0.29, 0.717) is 11.5 Å². The van der Waals surface area contributed by atoms with E-state index in [1.54, 1.807) is 11.3 Å². The van der Waals surface area contributed by atoms with Gasteiger partial charge in [-0.1, -0.05) is 6.07 Å². The fourth-order valence-corrected chi connectivity index (χ4v) is 3.37. The summed E-state index contributed by atoms with van der Waals surface area (Å²) in [5.41, 5.74) is 6.12. The van der Waals surface area contributed by atoms with Crippen LogP contribution in [-0.2, 0) is 16.0 Å². The van der Waals surface area contributed by atoms with Crippen molar-refractivity contribution in [2.24, 2.45) is 0 Å². The highest BCUT2D eigenvalue weighted by molar-refractivity contribution is 7.19. The number of thiophene rings is 2. The molecule has 0 bridgehead atoms. The fraction of sp³-hybridized carbons (Fsp3) is 0.231. The maximum absolute atomic E-state index is 11.9. The van der Waals surface area contributed by atoms with Crippen molar-refractivity contribution in [3.8, 4) is 0 Å². The minimum absolute atomic E-state index is 0.0763. The minimum atomic E-state index is -0.590. The van der Waals surface area contributed by atoms with Crippen LogP contribution in [0.1, 0.15) is 24.9 Å². The van der Waals surface area contributed by atoms with Gasteiger partial charge in [-0.05, 0) is 11.4 Å². The zero-order valence-electron chi connectivity index (χ0n) is 11.5. The zero-order chi connectivity index (χ0) is 15.4. The fourth-order valence-electron chi connectivity index (χ4n) is 1.70. The lowest BCUT2D eigenvalue weighted by Gasteiger charge is -2.05. The molecule has 0 aliphatic heterocycles. The second kappa shape index (κ2) is 6.59. The molecule has 0 aliphatic carbocycles. The van der Waals surface area contributed by atoms with Crippen molar-refractivity contribution in [3.63, 3.8) is 0 Å². The molecular formula is C13H14N2O4S2. The van der Waals surface area contributed by atoms with Crippen molar-refractivity contribution < 1.29 is 19.1 Å². The maximum atomic E-state index is 11.9. The number of methoxy groups -OCH3 is 2. The molecule has 0 saturated carbocycles. The summed E-state index contributed by atoms with van der Waals surface area (Å²) in [7, 11) is 2.53. The summed E-state index contributed by atoms with van der Waals surface area (Å²) in [6.07, 6.45) is 0. The van der Waals surface area contributed by atoms with E-state index in [1.165, 1.54) is 14.2 Å². The van der Waals surface area contributed by atoms with E-state index in [-0.39, 0.29) is 16.1 Å². The standard InChI is InChI=1S/C13H14N2O4S2/c1-18-12(16)8-9(14)10(13(17)19-2)21-11(8)15-6-7-4-3-5-20-7/h3-5,15H,6,14H2,1-2H3. The first-order chi connectivity index (χ1) is 10.1. The molecule has 21 heavy (non-hydrogen) atoms. The third-order valence-electron chi connectivity index (χ3n) is 2.71. The summed E-state index contributed by atoms with van der Waals surface area (Å²) < 4.78 is 9.38. The normalized spacial score (nSPS) is 10.2. The molecule has 0 unspecified atom stereocenters. The van der Waals surface area contributed by atoms with Crippen LogP contribution in [0.15, 0.2) is 17.5 Å². The Kier molecular flexibility index (Phi) is 4.81. The Balaban J connectivity index is 2.33. The summed E-state index contributed by atoms with van der Waals surface area (Å²) in [4.78, 5) is 24.8. The molecule has 0 radical (unpaired) electrons. The first-order valence-electron chi connectivity index (χ1n) is 5.93. The van der Waals surface area contributed by atoms with Gasteiger partial charge in [0.15, 0.2) is 0 Å². The Morgan fingerprint density at radius 2 is 2.00 bits per heavy atom. The topological polar surface area (TPSA) is 90.6 Å². The lowest BCUT2D eigenvalue weighted by atomic mass is 10.2. The summed E-state index contributed by atoms with van der Waals surface area (Å²) in [6, 6.07) is 3.90. The van der Waals surface area contributed by atoms with Gasteiger partial charge in [0, 0.05) is 4.88 Å². The zero-order valence-corrected chi connectivity index (χ0v) is 13.1. The van der Waals surface area contributed by atoms with Gasteiger partial charge in [0.2, 0.25) is 0 Å². The SMILES string of the molecule is COC(=O)c1sc(NCc2cccs2)c(C(=O)OC)c1N. The molecule has 2 rings (SSSR count). The van der Waals surface area contributed by atoms with Crippen molar-refractivity contribution in [1.82, 2.24) is 0 Å². The van der Waals surface area contributed by atoms with Gasteiger partial charge in [-0.15, -0.1) is 22.7 Å². The average molecular weight is 326 g/mol. The average Bonchev–Trinajstić information content (AvgIpc) is 3.11. The summed E-state index contributed by atoms with van der Waals surface area (Å²) in [5.74, 6) is -1.17. The van der Waals surface area contributed by atoms with E-state index < -0.39 is 11.9 Å². The molecule has 0 saturated heterocycles. The quantitative estimate of drug-likeness (QED) is 0.821. The highest BCUT2D eigenvalue weighted by Crippen LogP contribution is 2.37. The highest BCUT2D eigenvalue weighted by atomic mass is 32.1. The van der Waals surface area contributed by atoms with E-state index in [9.17, 15) is 9.59 Å². The molecule has 0 fully saturated rings. The van der Waals surface area contributed by atoms with Crippen LogP contribution in [0, 0.1) is 0 Å². The predicted octanol–water partition coefficient (Wildman–Crippen LogP) is 2.58. The first kappa shape index (κ1) is 15.3. The molecule has 0 aliphatic rings. The smallest absolute Gasteiger partial charge is 0.350 e. The van der Waals surface area contributed by atoms with Crippen molar-refractivity contribution in [2.75, 3.05) is 25.3 Å². The van der Waals surface area contributed by atoms with E-state index in [1.807, 2.05) is 17.5 Å². The number of nitrogens with two attached hydrogens (primary N) is 1. The van der Waals surface area contributed by atoms with E-state index in [4.69, 9.17) is 10.5 Å². The Morgan fingerprint density at radius 1 is 1.29 bits per heavy atom. The first-order valence-corrected chi connectivity index (χ1v) is 7.63. The van der Waals surface area contributed by atoms with Crippen LogP contribution in [0.5, 0.6) is 0 Å². The van der Waals surface area contributed by atoms with Crippen molar-refractivity contribution in [3.05, 3.63) is 32.8 Å². The predicted molar refractivity (Wildman–Crippen MR) is 83.1 cm³/mol. The Morgan fingerprint density at radius 3 is 2.57 bits per heavy atom. The van der Waals surface area contributed by atoms with Crippen LogP contribution < -0.4 is 11.1 Å². The van der Waals surface area contributed by atoms with Gasteiger partial charge < -0.3 is 20.5 Å². The molecule has 112 valence electrons. The maximum Gasteiger partial charge on any atom is 0.350 e. The Bertz CT molecular complexity index is 649. The van der Waals surface area contributed by atoms with Crippen molar-refractivity contribution in [2.45, 2.75) is 6.54 Å². The van der Waals surface area contributed by atoms with Crippen LogP contribution in [-0.4, -0.2) is 26.2 Å². The van der Waals surface area contributed by atoms with Crippen molar-refractivity contribution >= 4 is 45.3 Å². The molecule has 0 spiro atoms.